The Morgan fingerprint density at radius 3 is 2.57 bits per heavy atom. The van der Waals surface area contributed by atoms with Crippen LogP contribution in [0.1, 0.15) is 5.56 Å². The van der Waals surface area contributed by atoms with Gasteiger partial charge in [-0.25, -0.2) is 18.4 Å². The molecule has 30 heavy (non-hydrogen) atoms. The van der Waals surface area contributed by atoms with Crippen molar-refractivity contribution in [1.82, 2.24) is 14.5 Å². The first-order valence-corrected chi connectivity index (χ1v) is 11.6. The summed E-state index contributed by atoms with van der Waals surface area (Å²) in [6.07, 6.45) is 2.76. The van der Waals surface area contributed by atoms with E-state index >= 15 is 0 Å². The van der Waals surface area contributed by atoms with Crippen molar-refractivity contribution in [3.05, 3.63) is 81.3 Å². The number of hydrogen-bond donors (Lipinski definition) is 0. The van der Waals surface area contributed by atoms with Crippen molar-refractivity contribution in [3.63, 3.8) is 0 Å². The van der Waals surface area contributed by atoms with Gasteiger partial charge >= 0.3 is 0 Å². The van der Waals surface area contributed by atoms with Gasteiger partial charge in [-0.05, 0) is 35.9 Å². The predicted molar refractivity (Wildman–Crippen MR) is 115 cm³/mol. The van der Waals surface area contributed by atoms with Gasteiger partial charge in [-0.15, -0.1) is 11.3 Å². The van der Waals surface area contributed by atoms with Crippen LogP contribution in [-0.4, -0.2) is 34.5 Å². The van der Waals surface area contributed by atoms with Crippen LogP contribution in [0.15, 0.2) is 70.1 Å². The maximum Gasteiger partial charge on any atom is 0.266 e. The fourth-order valence-corrected chi connectivity index (χ4v) is 5.73. The first-order valence-electron chi connectivity index (χ1n) is 8.75. The van der Waals surface area contributed by atoms with E-state index in [0.717, 1.165) is 11.3 Å². The first-order chi connectivity index (χ1) is 14.3. The Balaban J connectivity index is 1.51. The summed E-state index contributed by atoms with van der Waals surface area (Å²) < 4.78 is 26.3. The standard InChI is InChI=1S/C20H14ClN3O4S2/c21-17-6-8-19(29-17)30(27,28)11-14(25)9-13-5-7-18(22-10-13)24-12-23-16-4-2-1-3-15(16)20(24)26/h1-8,10,12H,9,11H2. The molecule has 4 rings (SSSR count). The minimum atomic E-state index is -3.73. The average molecular weight is 460 g/mol. The number of Topliss-reactive ketones (excluding diaryl/α,β-unsaturated/α-hetero) is 1. The number of pyridine rings is 1. The maximum absolute atomic E-state index is 12.6. The minimum absolute atomic E-state index is 0.0671. The number of ketones is 1. The number of halogens is 1. The molecule has 0 bridgehead atoms. The van der Waals surface area contributed by atoms with Crippen LogP contribution in [0, 0.1) is 0 Å². The van der Waals surface area contributed by atoms with Crippen molar-refractivity contribution in [2.24, 2.45) is 0 Å². The van der Waals surface area contributed by atoms with Gasteiger partial charge in [0.25, 0.3) is 5.56 Å². The van der Waals surface area contributed by atoms with E-state index in [1.165, 1.54) is 29.2 Å². The molecule has 1 aromatic carbocycles. The Bertz CT molecular complexity index is 1410. The number of sulfone groups is 1. The smallest absolute Gasteiger partial charge is 0.266 e. The molecular weight excluding hydrogens is 446 g/mol. The summed E-state index contributed by atoms with van der Waals surface area (Å²) in [4.78, 5) is 33.4. The third-order valence-corrected chi connectivity index (χ3v) is 7.82. The predicted octanol–water partition coefficient (Wildman–Crippen LogP) is 3.08. The molecule has 4 aromatic rings. The molecule has 0 aliphatic heterocycles. The number of carbonyl (C=O) groups excluding carboxylic acids is 1. The summed E-state index contributed by atoms with van der Waals surface area (Å²) >= 11 is 6.69. The maximum atomic E-state index is 12.6. The highest BCUT2D eigenvalue weighted by atomic mass is 35.5. The molecule has 0 aliphatic carbocycles. The van der Waals surface area contributed by atoms with Gasteiger partial charge in [-0.2, -0.15) is 0 Å². The van der Waals surface area contributed by atoms with E-state index in [-0.39, 0.29) is 16.2 Å². The van der Waals surface area contributed by atoms with Crippen LogP contribution in [-0.2, 0) is 21.1 Å². The third-order valence-electron chi connectivity index (χ3n) is 4.33. The summed E-state index contributed by atoms with van der Waals surface area (Å²) in [5.41, 5.74) is 0.886. The topological polar surface area (TPSA) is 99.0 Å². The quantitative estimate of drug-likeness (QED) is 0.439. The fraction of sp³-hybridized carbons (Fsp3) is 0.100. The van der Waals surface area contributed by atoms with Crippen molar-refractivity contribution in [1.29, 1.82) is 0 Å². The molecule has 0 N–H and O–H groups in total. The van der Waals surface area contributed by atoms with Gasteiger partial charge in [0.2, 0.25) is 0 Å². The molecule has 0 unspecified atom stereocenters. The number of carbonyl (C=O) groups is 1. The SMILES string of the molecule is O=C(Cc1ccc(-n2cnc3ccccc3c2=O)nc1)CS(=O)(=O)c1ccc(Cl)s1. The second kappa shape index (κ2) is 8.10. The Kier molecular flexibility index (Phi) is 5.50. The normalized spacial score (nSPS) is 11.6. The van der Waals surface area contributed by atoms with Crippen molar-refractivity contribution in [3.8, 4) is 5.82 Å². The van der Waals surface area contributed by atoms with Gasteiger partial charge in [0, 0.05) is 12.6 Å². The van der Waals surface area contributed by atoms with Crippen LogP contribution >= 0.6 is 22.9 Å². The van der Waals surface area contributed by atoms with Crippen molar-refractivity contribution < 1.29 is 13.2 Å². The van der Waals surface area contributed by atoms with Gasteiger partial charge in [-0.3, -0.25) is 14.2 Å². The molecule has 0 radical (unpaired) electrons. The first kappa shape index (κ1) is 20.4. The van der Waals surface area contributed by atoms with Crippen LogP contribution in [0.5, 0.6) is 0 Å². The van der Waals surface area contributed by atoms with Crippen LogP contribution < -0.4 is 5.56 Å². The second-order valence-corrected chi connectivity index (χ2v) is 10.4. The molecule has 7 nitrogen and oxygen atoms in total. The zero-order valence-electron chi connectivity index (χ0n) is 15.4. The number of hydrogen-bond acceptors (Lipinski definition) is 7. The van der Waals surface area contributed by atoms with E-state index in [1.54, 1.807) is 36.4 Å². The average Bonchev–Trinajstić information content (AvgIpc) is 3.16. The molecule has 0 amide bonds. The molecule has 0 fully saturated rings. The summed E-state index contributed by atoms with van der Waals surface area (Å²) in [7, 11) is -3.73. The Hall–Kier alpha value is -2.88. The second-order valence-electron chi connectivity index (χ2n) is 6.49. The lowest BCUT2D eigenvalue weighted by Gasteiger charge is -2.07. The number of para-hydroxylation sites is 1. The van der Waals surface area contributed by atoms with Gasteiger partial charge in [-0.1, -0.05) is 29.8 Å². The molecule has 0 saturated carbocycles. The molecule has 10 heteroatoms. The Morgan fingerprint density at radius 2 is 1.87 bits per heavy atom. The molecular formula is C20H14ClN3O4S2. The lowest BCUT2D eigenvalue weighted by molar-refractivity contribution is -0.116. The van der Waals surface area contributed by atoms with E-state index in [2.05, 4.69) is 9.97 Å². The third kappa shape index (κ3) is 4.18. The molecule has 3 heterocycles. The summed E-state index contributed by atoms with van der Waals surface area (Å²) in [5, 5.41) is 0.472. The van der Waals surface area contributed by atoms with E-state index in [4.69, 9.17) is 11.6 Å². The van der Waals surface area contributed by atoms with Crippen molar-refractivity contribution in [2.45, 2.75) is 10.6 Å². The van der Waals surface area contributed by atoms with Crippen LogP contribution in [0.2, 0.25) is 4.34 Å². The zero-order chi connectivity index (χ0) is 21.3. The van der Waals surface area contributed by atoms with Crippen molar-refractivity contribution >= 4 is 49.5 Å². The summed E-state index contributed by atoms with van der Waals surface area (Å²) in [6, 6.07) is 13.1. The number of nitrogens with zero attached hydrogens (tertiary/aromatic N) is 3. The van der Waals surface area contributed by atoms with Crippen molar-refractivity contribution in [2.75, 3.05) is 5.75 Å². The zero-order valence-corrected chi connectivity index (χ0v) is 17.7. The molecule has 3 aromatic heterocycles. The molecule has 0 spiro atoms. The van der Waals surface area contributed by atoms with Gasteiger partial charge < -0.3 is 0 Å². The highest BCUT2D eigenvalue weighted by molar-refractivity contribution is 7.94. The molecule has 0 saturated heterocycles. The number of fused-ring (bicyclic) bond motifs is 1. The molecule has 0 aliphatic rings. The van der Waals surface area contributed by atoms with E-state index < -0.39 is 21.4 Å². The minimum Gasteiger partial charge on any atom is -0.298 e. The van der Waals surface area contributed by atoms with E-state index in [1.807, 2.05) is 0 Å². The highest BCUT2D eigenvalue weighted by Crippen LogP contribution is 2.26. The summed E-state index contributed by atoms with van der Waals surface area (Å²) in [5.74, 6) is -0.714. The largest absolute Gasteiger partial charge is 0.298 e. The number of thiophene rings is 1. The van der Waals surface area contributed by atoms with E-state index in [9.17, 15) is 18.0 Å². The Labute approximate surface area is 180 Å². The number of benzene rings is 1. The Morgan fingerprint density at radius 1 is 1.07 bits per heavy atom. The van der Waals surface area contributed by atoms with Crippen LogP contribution in [0.25, 0.3) is 16.7 Å². The lowest BCUT2D eigenvalue weighted by atomic mass is 10.1. The lowest BCUT2D eigenvalue weighted by Crippen LogP contribution is -2.20. The number of aromatic nitrogens is 3. The number of rotatable bonds is 6. The summed E-state index contributed by atoms with van der Waals surface area (Å²) in [6.45, 7) is 0. The molecule has 0 atom stereocenters. The highest BCUT2D eigenvalue weighted by Gasteiger charge is 2.21. The molecule has 152 valence electrons. The van der Waals surface area contributed by atoms with Gasteiger partial charge in [0.15, 0.2) is 15.6 Å². The fourth-order valence-electron chi connectivity index (χ4n) is 2.92. The van der Waals surface area contributed by atoms with Gasteiger partial charge in [0.1, 0.15) is 22.1 Å². The van der Waals surface area contributed by atoms with Crippen LogP contribution in [0.4, 0.5) is 0 Å². The van der Waals surface area contributed by atoms with E-state index in [0.29, 0.717) is 26.6 Å². The van der Waals surface area contributed by atoms with Gasteiger partial charge in [0.05, 0.1) is 15.2 Å². The monoisotopic (exact) mass is 459 g/mol. The van der Waals surface area contributed by atoms with Crippen LogP contribution in [0.3, 0.4) is 0 Å².